The number of halogens is 1. The number of hydrogen-bond donors (Lipinski definition) is 2. The normalized spacial score (nSPS) is 10.4. The Balaban J connectivity index is 2.09. The van der Waals surface area contributed by atoms with E-state index in [1.54, 1.807) is 0 Å². The standard InChI is InChI=1S/C13H14ClN3O/c1-9-12(14)16-8-17-13(9)15-6-10-3-2-4-11(5-10)7-18/h2-5,8,18H,6-7H2,1H3,(H,15,16,17). The van der Waals surface area contributed by atoms with E-state index < -0.39 is 0 Å². The molecule has 4 nitrogen and oxygen atoms in total. The van der Waals surface area contributed by atoms with Crippen molar-refractivity contribution >= 4 is 17.4 Å². The lowest BCUT2D eigenvalue weighted by molar-refractivity contribution is 0.281. The van der Waals surface area contributed by atoms with Crippen molar-refractivity contribution in [1.82, 2.24) is 9.97 Å². The van der Waals surface area contributed by atoms with Gasteiger partial charge in [0.1, 0.15) is 17.3 Å². The molecule has 0 unspecified atom stereocenters. The minimum atomic E-state index is 0.0478. The highest BCUT2D eigenvalue weighted by Gasteiger charge is 2.04. The number of aliphatic hydroxyl groups excluding tert-OH is 1. The number of aromatic nitrogens is 2. The van der Waals surface area contributed by atoms with Crippen molar-refractivity contribution in [3.05, 3.63) is 52.4 Å². The Labute approximate surface area is 111 Å². The summed E-state index contributed by atoms with van der Waals surface area (Å²) in [6, 6.07) is 7.74. The summed E-state index contributed by atoms with van der Waals surface area (Å²) < 4.78 is 0. The van der Waals surface area contributed by atoms with Gasteiger partial charge in [-0.3, -0.25) is 0 Å². The predicted octanol–water partition coefficient (Wildman–Crippen LogP) is 2.54. The number of nitrogens with zero attached hydrogens (tertiary/aromatic N) is 2. The van der Waals surface area contributed by atoms with Gasteiger partial charge >= 0.3 is 0 Å². The van der Waals surface area contributed by atoms with Crippen LogP contribution in [0.2, 0.25) is 5.15 Å². The molecule has 0 bridgehead atoms. The van der Waals surface area contributed by atoms with Crippen LogP contribution in [-0.2, 0) is 13.2 Å². The van der Waals surface area contributed by atoms with Crippen LogP contribution in [-0.4, -0.2) is 15.1 Å². The molecule has 1 aromatic carbocycles. The van der Waals surface area contributed by atoms with E-state index in [0.29, 0.717) is 11.7 Å². The molecule has 0 aliphatic rings. The highest BCUT2D eigenvalue weighted by atomic mass is 35.5. The van der Waals surface area contributed by atoms with Gasteiger partial charge in [0.25, 0.3) is 0 Å². The van der Waals surface area contributed by atoms with Crippen molar-refractivity contribution in [2.24, 2.45) is 0 Å². The minimum absolute atomic E-state index is 0.0478. The summed E-state index contributed by atoms with van der Waals surface area (Å²) >= 11 is 5.92. The van der Waals surface area contributed by atoms with Crippen molar-refractivity contribution in [1.29, 1.82) is 0 Å². The SMILES string of the molecule is Cc1c(Cl)ncnc1NCc1cccc(CO)c1. The van der Waals surface area contributed by atoms with E-state index >= 15 is 0 Å². The molecule has 2 rings (SSSR count). The molecule has 0 radical (unpaired) electrons. The highest BCUT2D eigenvalue weighted by Crippen LogP contribution is 2.18. The summed E-state index contributed by atoms with van der Waals surface area (Å²) in [7, 11) is 0. The molecule has 18 heavy (non-hydrogen) atoms. The largest absolute Gasteiger partial charge is 0.392 e. The number of anilines is 1. The maximum atomic E-state index is 9.07. The third-order valence-electron chi connectivity index (χ3n) is 2.66. The van der Waals surface area contributed by atoms with Crippen LogP contribution in [0.5, 0.6) is 0 Å². The molecule has 94 valence electrons. The first-order valence-corrected chi connectivity index (χ1v) is 5.98. The van der Waals surface area contributed by atoms with Gasteiger partial charge in [-0.25, -0.2) is 9.97 Å². The molecule has 0 aliphatic carbocycles. The van der Waals surface area contributed by atoms with E-state index in [1.165, 1.54) is 6.33 Å². The van der Waals surface area contributed by atoms with Gasteiger partial charge in [0.15, 0.2) is 0 Å². The van der Waals surface area contributed by atoms with E-state index in [-0.39, 0.29) is 6.61 Å². The van der Waals surface area contributed by atoms with Crippen LogP contribution in [0.3, 0.4) is 0 Å². The van der Waals surface area contributed by atoms with Gasteiger partial charge in [0, 0.05) is 12.1 Å². The van der Waals surface area contributed by atoms with Gasteiger partial charge < -0.3 is 10.4 Å². The summed E-state index contributed by atoms with van der Waals surface area (Å²) in [5.41, 5.74) is 2.81. The second kappa shape index (κ2) is 5.80. The van der Waals surface area contributed by atoms with E-state index in [0.717, 1.165) is 22.5 Å². The average molecular weight is 264 g/mol. The monoisotopic (exact) mass is 263 g/mol. The first-order chi connectivity index (χ1) is 8.70. The molecular formula is C13H14ClN3O. The van der Waals surface area contributed by atoms with Crippen LogP contribution in [0.25, 0.3) is 0 Å². The molecule has 1 aromatic heterocycles. The smallest absolute Gasteiger partial charge is 0.137 e. The number of hydrogen-bond acceptors (Lipinski definition) is 4. The van der Waals surface area contributed by atoms with Gasteiger partial charge in [-0.1, -0.05) is 35.9 Å². The second-order valence-electron chi connectivity index (χ2n) is 3.97. The van der Waals surface area contributed by atoms with Gasteiger partial charge in [-0.2, -0.15) is 0 Å². The topological polar surface area (TPSA) is 58.0 Å². The number of nitrogens with one attached hydrogen (secondary N) is 1. The molecule has 2 N–H and O–H groups in total. The van der Waals surface area contributed by atoms with Crippen LogP contribution in [0.15, 0.2) is 30.6 Å². The number of rotatable bonds is 4. The lowest BCUT2D eigenvalue weighted by atomic mass is 10.1. The molecule has 0 amide bonds. The summed E-state index contributed by atoms with van der Waals surface area (Å²) in [4.78, 5) is 8.04. The lowest BCUT2D eigenvalue weighted by Crippen LogP contribution is -2.04. The Hall–Kier alpha value is -1.65. The Bertz CT molecular complexity index is 546. The van der Waals surface area contributed by atoms with Crippen LogP contribution in [0.4, 0.5) is 5.82 Å². The van der Waals surface area contributed by atoms with Gasteiger partial charge in [0.2, 0.25) is 0 Å². The Kier molecular flexibility index (Phi) is 4.12. The molecule has 0 fully saturated rings. The first kappa shape index (κ1) is 12.8. The van der Waals surface area contributed by atoms with Crippen molar-refractivity contribution in [2.45, 2.75) is 20.1 Å². The fraction of sp³-hybridized carbons (Fsp3) is 0.231. The Morgan fingerprint density at radius 2 is 2.06 bits per heavy atom. The summed E-state index contributed by atoms with van der Waals surface area (Å²) in [6.07, 6.45) is 1.43. The lowest BCUT2D eigenvalue weighted by Gasteiger charge is -2.09. The minimum Gasteiger partial charge on any atom is -0.392 e. The van der Waals surface area contributed by atoms with E-state index in [2.05, 4.69) is 15.3 Å². The van der Waals surface area contributed by atoms with E-state index in [4.69, 9.17) is 16.7 Å². The fourth-order valence-electron chi connectivity index (χ4n) is 1.63. The van der Waals surface area contributed by atoms with Crippen molar-refractivity contribution in [3.63, 3.8) is 0 Å². The Morgan fingerprint density at radius 3 is 2.83 bits per heavy atom. The maximum absolute atomic E-state index is 9.07. The molecular weight excluding hydrogens is 250 g/mol. The number of benzene rings is 1. The molecule has 0 saturated carbocycles. The molecule has 5 heteroatoms. The van der Waals surface area contributed by atoms with Crippen molar-refractivity contribution < 1.29 is 5.11 Å². The number of aliphatic hydroxyl groups is 1. The van der Waals surface area contributed by atoms with Crippen LogP contribution < -0.4 is 5.32 Å². The van der Waals surface area contributed by atoms with E-state index in [9.17, 15) is 0 Å². The third-order valence-corrected chi connectivity index (χ3v) is 3.04. The molecule has 1 heterocycles. The molecule has 0 atom stereocenters. The molecule has 2 aromatic rings. The second-order valence-corrected chi connectivity index (χ2v) is 4.33. The molecule has 0 aliphatic heterocycles. The van der Waals surface area contributed by atoms with Gasteiger partial charge in [-0.15, -0.1) is 0 Å². The highest BCUT2D eigenvalue weighted by molar-refractivity contribution is 6.30. The zero-order valence-corrected chi connectivity index (χ0v) is 10.8. The first-order valence-electron chi connectivity index (χ1n) is 5.60. The van der Waals surface area contributed by atoms with Crippen molar-refractivity contribution in [2.75, 3.05) is 5.32 Å². The quantitative estimate of drug-likeness (QED) is 0.833. The van der Waals surface area contributed by atoms with E-state index in [1.807, 2.05) is 31.2 Å². The molecule has 0 spiro atoms. The predicted molar refractivity (Wildman–Crippen MR) is 71.5 cm³/mol. The Morgan fingerprint density at radius 1 is 1.28 bits per heavy atom. The zero-order valence-electron chi connectivity index (χ0n) is 10.0. The van der Waals surface area contributed by atoms with Crippen molar-refractivity contribution in [3.8, 4) is 0 Å². The summed E-state index contributed by atoms with van der Waals surface area (Å²) in [5.74, 6) is 0.726. The third kappa shape index (κ3) is 2.97. The van der Waals surface area contributed by atoms with Crippen LogP contribution in [0.1, 0.15) is 16.7 Å². The van der Waals surface area contributed by atoms with Crippen LogP contribution in [0, 0.1) is 6.92 Å². The summed E-state index contributed by atoms with van der Waals surface area (Å²) in [5, 5.41) is 12.7. The summed E-state index contributed by atoms with van der Waals surface area (Å²) in [6.45, 7) is 2.54. The average Bonchev–Trinajstić information content (AvgIpc) is 2.41. The fourth-order valence-corrected chi connectivity index (χ4v) is 1.76. The van der Waals surface area contributed by atoms with Crippen LogP contribution >= 0.6 is 11.6 Å². The molecule has 0 saturated heterocycles. The zero-order chi connectivity index (χ0) is 13.0. The van der Waals surface area contributed by atoms with Gasteiger partial charge in [0.05, 0.1) is 6.61 Å². The maximum Gasteiger partial charge on any atom is 0.137 e. The van der Waals surface area contributed by atoms with Gasteiger partial charge in [-0.05, 0) is 18.1 Å².